The standard InChI is InChI=1S/C16H19N3O2/c20-16(18-11-14-6-3-9-21-14)15-8-7-13(10-17-15)19-12-4-1-2-5-12/h3,6-10,12,19H,1-2,4-5,11H2,(H,18,20). The molecule has 21 heavy (non-hydrogen) atoms. The van der Waals surface area contributed by atoms with E-state index in [2.05, 4.69) is 15.6 Å². The van der Waals surface area contributed by atoms with E-state index in [0.717, 1.165) is 11.4 Å². The van der Waals surface area contributed by atoms with E-state index in [0.29, 0.717) is 18.3 Å². The highest BCUT2D eigenvalue weighted by molar-refractivity contribution is 5.92. The van der Waals surface area contributed by atoms with Gasteiger partial charge in [-0.1, -0.05) is 12.8 Å². The molecule has 0 aromatic carbocycles. The van der Waals surface area contributed by atoms with E-state index < -0.39 is 0 Å². The molecular formula is C16H19N3O2. The van der Waals surface area contributed by atoms with Crippen LogP contribution in [0.3, 0.4) is 0 Å². The molecule has 110 valence electrons. The van der Waals surface area contributed by atoms with Crippen molar-refractivity contribution in [2.75, 3.05) is 5.32 Å². The third-order valence-electron chi connectivity index (χ3n) is 3.73. The first-order chi connectivity index (χ1) is 10.3. The molecule has 2 N–H and O–H groups in total. The number of nitrogens with zero attached hydrogens (tertiary/aromatic N) is 1. The van der Waals surface area contributed by atoms with E-state index >= 15 is 0 Å². The van der Waals surface area contributed by atoms with Crippen LogP contribution in [0, 0.1) is 0 Å². The number of carbonyl (C=O) groups is 1. The molecule has 2 heterocycles. The number of amides is 1. The largest absolute Gasteiger partial charge is 0.467 e. The number of furan rings is 1. The van der Waals surface area contributed by atoms with Crippen LogP contribution in [0.1, 0.15) is 41.9 Å². The number of pyridine rings is 1. The van der Waals surface area contributed by atoms with E-state index in [1.807, 2.05) is 12.1 Å². The van der Waals surface area contributed by atoms with Crippen molar-refractivity contribution in [2.24, 2.45) is 0 Å². The zero-order chi connectivity index (χ0) is 14.5. The Labute approximate surface area is 123 Å². The van der Waals surface area contributed by atoms with Gasteiger partial charge in [0, 0.05) is 6.04 Å². The Kier molecular flexibility index (Phi) is 4.19. The van der Waals surface area contributed by atoms with E-state index in [-0.39, 0.29) is 5.91 Å². The highest BCUT2D eigenvalue weighted by Crippen LogP contribution is 2.21. The lowest BCUT2D eigenvalue weighted by molar-refractivity contribution is 0.0943. The van der Waals surface area contributed by atoms with Crippen molar-refractivity contribution in [3.63, 3.8) is 0 Å². The van der Waals surface area contributed by atoms with Gasteiger partial charge in [-0.3, -0.25) is 4.79 Å². The van der Waals surface area contributed by atoms with Gasteiger partial charge in [-0.25, -0.2) is 4.98 Å². The van der Waals surface area contributed by atoms with Crippen LogP contribution in [0.5, 0.6) is 0 Å². The Morgan fingerprint density at radius 1 is 1.29 bits per heavy atom. The molecule has 3 rings (SSSR count). The van der Waals surface area contributed by atoms with E-state index in [4.69, 9.17) is 4.42 Å². The maximum Gasteiger partial charge on any atom is 0.270 e. The molecule has 1 saturated carbocycles. The fourth-order valence-electron chi connectivity index (χ4n) is 2.59. The molecule has 5 nitrogen and oxygen atoms in total. The highest BCUT2D eigenvalue weighted by Gasteiger charge is 2.15. The molecule has 0 spiro atoms. The molecule has 5 heteroatoms. The Hall–Kier alpha value is -2.30. The van der Waals surface area contributed by atoms with Crippen LogP contribution in [0.2, 0.25) is 0 Å². The van der Waals surface area contributed by atoms with Crippen molar-refractivity contribution < 1.29 is 9.21 Å². The summed E-state index contributed by atoms with van der Waals surface area (Å²) in [7, 11) is 0. The van der Waals surface area contributed by atoms with Gasteiger partial charge in [-0.2, -0.15) is 0 Å². The Morgan fingerprint density at radius 2 is 2.14 bits per heavy atom. The third kappa shape index (κ3) is 3.62. The average Bonchev–Trinajstić information content (AvgIpc) is 3.19. The van der Waals surface area contributed by atoms with Crippen molar-refractivity contribution in [3.8, 4) is 0 Å². The number of aromatic nitrogens is 1. The molecule has 0 radical (unpaired) electrons. The molecule has 2 aromatic rings. The van der Waals surface area contributed by atoms with Crippen LogP contribution >= 0.6 is 0 Å². The molecule has 0 unspecified atom stereocenters. The normalized spacial score (nSPS) is 15.0. The van der Waals surface area contributed by atoms with Crippen LogP contribution in [0.15, 0.2) is 41.1 Å². The Bertz CT molecular complexity index is 572. The summed E-state index contributed by atoms with van der Waals surface area (Å²) in [5.41, 5.74) is 1.39. The zero-order valence-electron chi connectivity index (χ0n) is 11.8. The van der Waals surface area contributed by atoms with Gasteiger partial charge >= 0.3 is 0 Å². The topological polar surface area (TPSA) is 67.2 Å². The van der Waals surface area contributed by atoms with Crippen molar-refractivity contribution in [1.82, 2.24) is 10.3 Å². The third-order valence-corrected chi connectivity index (χ3v) is 3.73. The van der Waals surface area contributed by atoms with Crippen molar-refractivity contribution >= 4 is 11.6 Å². The summed E-state index contributed by atoms with van der Waals surface area (Å²) in [6.45, 7) is 0.371. The first kappa shape index (κ1) is 13.7. The monoisotopic (exact) mass is 285 g/mol. The molecule has 0 bridgehead atoms. The maximum absolute atomic E-state index is 12.0. The van der Waals surface area contributed by atoms with E-state index in [1.54, 1.807) is 24.6 Å². The summed E-state index contributed by atoms with van der Waals surface area (Å²) in [6.07, 6.45) is 8.32. The van der Waals surface area contributed by atoms with Gasteiger partial charge in [-0.15, -0.1) is 0 Å². The average molecular weight is 285 g/mol. The van der Waals surface area contributed by atoms with Crippen LogP contribution in [-0.4, -0.2) is 16.9 Å². The molecule has 1 aliphatic rings. The van der Waals surface area contributed by atoms with Gasteiger partial charge in [0.25, 0.3) is 5.91 Å². The lowest BCUT2D eigenvalue weighted by Gasteiger charge is -2.13. The second kappa shape index (κ2) is 6.43. The first-order valence-corrected chi connectivity index (χ1v) is 7.34. The lowest BCUT2D eigenvalue weighted by atomic mass is 10.2. The van der Waals surface area contributed by atoms with Gasteiger partial charge in [0.1, 0.15) is 11.5 Å². The Morgan fingerprint density at radius 3 is 2.81 bits per heavy atom. The van der Waals surface area contributed by atoms with Crippen LogP contribution in [0.4, 0.5) is 5.69 Å². The molecule has 0 atom stereocenters. The van der Waals surface area contributed by atoms with Gasteiger partial charge in [0.2, 0.25) is 0 Å². The molecule has 1 aliphatic carbocycles. The summed E-state index contributed by atoms with van der Waals surface area (Å²) in [5.74, 6) is 0.529. The highest BCUT2D eigenvalue weighted by atomic mass is 16.3. The quantitative estimate of drug-likeness (QED) is 0.886. The maximum atomic E-state index is 12.0. The zero-order valence-corrected chi connectivity index (χ0v) is 11.8. The SMILES string of the molecule is O=C(NCc1ccco1)c1ccc(NC2CCCC2)cn1. The smallest absolute Gasteiger partial charge is 0.270 e. The summed E-state index contributed by atoms with van der Waals surface area (Å²) >= 11 is 0. The predicted octanol–water partition coefficient (Wildman–Crippen LogP) is 2.96. The molecule has 0 saturated heterocycles. The summed E-state index contributed by atoms with van der Waals surface area (Å²) in [5, 5.41) is 6.23. The second-order valence-electron chi connectivity index (χ2n) is 5.32. The summed E-state index contributed by atoms with van der Waals surface area (Å²) in [4.78, 5) is 16.2. The lowest BCUT2D eigenvalue weighted by Crippen LogP contribution is -2.23. The number of carbonyl (C=O) groups excluding carboxylic acids is 1. The number of rotatable bonds is 5. The van der Waals surface area contributed by atoms with Gasteiger partial charge in [0.15, 0.2) is 0 Å². The fourth-order valence-corrected chi connectivity index (χ4v) is 2.59. The first-order valence-electron chi connectivity index (χ1n) is 7.34. The summed E-state index contributed by atoms with van der Waals surface area (Å²) < 4.78 is 5.17. The fraction of sp³-hybridized carbons (Fsp3) is 0.375. The number of nitrogens with one attached hydrogen (secondary N) is 2. The van der Waals surface area contributed by atoms with Gasteiger partial charge in [0.05, 0.1) is 24.7 Å². The minimum Gasteiger partial charge on any atom is -0.467 e. The molecule has 1 fully saturated rings. The molecule has 1 amide bonds. The second-order valence-corrected chi connectivity index (χ2v) is 5.32. The molecular weight excluding hydrogens is 266 g/mol. The number of hydrogen-bond donors (Lipinski definition) is 2. The van der Waals surface area contributed by atoms with Gasteiger partial charge < -0.3 is 15.1 Å². The minimum absolute atomic E-state index is 0.196. The number of anilines is 1. The summed E-state index contributed by atoms with van der Waals surface area (Å²) in [6, 6.07) is 7.82. The minimum atomic E-state index is -0.196. The van der Waals surface area contributed by atoms with Crippen LogP contribution in [0.25, 0.3) is 0 Å². The van der Waals surface area contributed by atoms with E-state index in [1.165, 1.54) is 25.7 Å². The van der Waals surface area contributed by atoms with Crippen molar-refractivity contribution in [3.05, 3.63) is 48.2 Å². The predicted molar refractivity (Wildman–Crippen MR) is 80.0 cm³/mol. The van der Waals surface area contributed by atoms with E-state index in [9.17, 15) is 4.79 Å². The molecule has 2 aromatic heterocycles. The van der Waals surface area contributed by atoms with Crippen molar-refractivity contribution in [1.29, 1.82) is 0 Å². The van der Waals surface area contributed by atoms with Gasteiger partial charge in [-0.05, 0) is 37.1 Å². The number of hydrogen-bond acceptors (Lipinski definition) is 4. The van der Waals surface area contributed by atoms with Crippen molar-refractivity contribution in [2.45, 2.75) is 38.3 Å². The van der Waals surface area contributed by atoms with Crippen LogP contribution in [-0.2, 0) is 6.54 Å². The Balaban J connectivity index is 1.54. The van der Waals surface area contributed by atoms with Crippen LogP contribution < -0.4 is 10.6 Å². The molecule has 0 aliphatic heterocycles.